The highest BCUT2D eigenvalue weighted by Gasteiger charge is 2.45. The number of nitrogens with two attached hydrogens (primary N) is 1. The molecule has 3 N–H and O–H groups in total. The molecule has 3 aliphatic heterocycles. The van der Waals surface area contributed by atoms with Gasteiger partial charge in [-0.1, -0.05) is 12.1 Å². The number of nitrogens with zero attached hydrogens (tertiary/aromatic N) is 1. The fraction of sp³-hybridized carbons (Fsp3) is 0.571. The molecule has 3 aliphatic rings. The first kappa shape index (κ1) is 11.9. The molecule has 4 rings (SSSR count). The number of hydrogen-bond donors (Lipinski definition) is 2. The van der Waals surface area contributed by atoms with Crippen LogP contribution in [0, 0.1) is 11.7 Å². The zero-order valence-electron chi connectivity index (χ0n) is 10.5. The van der Waals surface area contributed by atoms with Crippen LogP contribution in [0.3, 0.4) is 0 Å². The van der Waals surface area contributed by atoms with Gasteiger partial charge in [-0.05, 0) is 44.0 Å². The van der Waals surface area contributed by atoms with Gasteiger partial charge in [-0.3, -0.25) is 0 Å². The minimum atomic E-state index is -0.193. The molecular weight excluding hydrogens is 229 g/mol. The monoisotopic (exact) mass is 249 g/mol. The van der Waals surface area contributed by atoms with Gasteiger partial charge in [-0.15, -0.1) is 0 Å². The van der Waals surface area contributed by atoms with Crippen molar-refractivity contribution in [2.24, 2.45) is 11.7 Å². The summed E-state index contributed by atoms with van der Waals surface area (Å²) < 4.78 is 13.8. The first-order valence-corrected chi connectivity index (χ1v) is 6.69. The summed E-state index contributed by atoms with van der Waals surface area (Å²) in [4.78, 5) is 2.43. The van der Waals surface area contributed by atoms with Gasteiger partial charge in [0.25, 0.3) is 0 Å². The van der Waals surface area contributed by atoms with Gasteiger partial charge in [0, 0.05) is 13.1 Å². The predicted molar refractivity (Wildman–Crippen MR) is 71.0 cm³/mol. The SMILES string of the molecule is NCC1(Nc2ccccc2F)CN2CCC1CC2. The van der Waals surface area contributed by atoms with Crippen LogP contribution in [0.15, 0.2) is 24.3 Å². The second-order valence-corrected chi connectivity index (χ2v) is 5.52. The lowest BCUT2D eigenvalue weighted by atomic mass is 9.72. The molecule has 0 aliphatic carbocycles. The fourth-order valence-corrected chi connectivity index (χ4v) is 3.43. The van der Waals surface area contributed by atoms with Gasteiger partial charge in [-0.25, -0.2) is 4.39 Å². The van der Waals surface area contributed by atoms with Crippen LogP contribution >= 0.6 is 0 Å². The molecule has 1 aromatic rings. The molecule has 0 aromatic heterocycles. The van der Waals surface area contributed by atoms with Crippen molar-refractivity contribution in [2.75, 3.05) is 31.5 Å². The van der Waals surface area contributed by atoms with Crippen LogP contribution in [-0.4, -0.2) is 36.6 Å². The molecule has 0 radical (unpaired) electrons. The summed E-state index contributed by atoms with van der Waals surface area (Å²) in [5.41, 5.74) is 6.44. The number of fused-ring (bicyclic) bond motifs is 3. The van der Waals surface area contributed by atoms with Crippen LogP contribution in [0.1, 0.15) is 12.8 Å². The van der Waals surface area contributed by atoms with Crippen molar-refractivity contribution < 1.29 is 4.39 Å². The summed E-state index contributed by atoms with van der Waals surface area (Å²) in [7, 11) is 0. The first-order chi connectivity index (χ1) is 8.73. The molecule has 98 valence electrons. The van der Waals surface area contributed by atoms with E-state index in [1.165, 1.54) is 18.9 Å². The molecule has 0 saturated carbocycles. The van der Waals surface area contributed by atoms with Gasteiger partial charge in [0.2, 0.25) is 0 Å². The van der Waals surface area contributed by atoms with E-state index in [1.54, 1.807) is 12.1 Å². The van der Waals surface area contributed by atoms with Crippen molar-refractivity contribution in [3.8, 4) is 0 Å². The molecular formula is C14H20FN3. The van der Waals surface area contributed by atoms with Crippen LogP contribution in [0.5, 0.6) is 0 Å². The lowest BCUT2D eigenvalue weighted by molar-refractivity contribution is 0.0447. The van der Waals surface area contributed by atoms with Crippen LogP contribution in [-0.2, 0) is 0 Å². The maximum atomic E-state index is 13.8. The van der Waals surface area contributed by atoms with Gasteiger partial charge in [0.15, 0.2) is 0 Å². The molecule has 0 spiro atoms. The van der Waals surface area contributed by atoms with Crippen molar-refractivity contribution in [3.05, 3.63) is 30.1 Å². The largest absolute Gasteiger partial charge is 0.374 e. The smallest absolute Gasteiger partial charge is 0.146 e. The third-order valence-electron chi connectivity index (χ3n) is 4.50. The van der Waals surface area contributed by atoms with E-state index in [1.807, 2.05) is 6.07 Å². The summed E-state index contributed by atoms with van der Waals surface area (Å²) in [6, 6.07) is 6.86. The molecule has 0 amide bonds. The summed E-state index contributed by atoms with van der Waals surface area (Å²) in [5.74, 6) is 0.369. The molecule has 18 heavy (non-hydrogen) atoms. The zero-order chi connectivity index (χ0) is 12.6. The molecule has 3 heterocycles. The maximum absolute atomic E-state index is 13.8. The summed E-state index contributed by atoms with van der Waals surface area (Å²) in [6.45, 7) is 3.81. The van der Waals surface area contributed by atoms with Crippen LogP contribution in [0.2, 0.25) is 0 Å². The lowest BCUT2D eigenvalue weighted by Gasteiger charge is -2.53. The Balaban J connectivity index is 1.87. The Morgan fingerprint density at radius 1 is 1.33 bits per heavy atom. The zero-order valence-corrected chi connectivity index (χ0v) is 10.5. The van der Waals surface area contributed by atoms with Crippen LogP contribution < -0.4 is 11.1 Å². The second-order valence-electron chi connectivity index (χ2n) is 5.52. The Morgan fingerprint density at radius 3 is 2.61 bits per heavy atom. The lowest BCUT2D eigenvalue weighted by Crippen LogP contribution is -2.66. The van der Waals surface area contributed by atoms with Gasteiger partial charge >= 0.3 is 0 Å². The van der Waals surface area contributed by atoms with E-state index < -0.39 is 0 Å². The number of hydrogen-bond acceptors (Lipinski definition) is 3. The highest BCUT2D eigenvalue weighted by atomic mass is 19.1. The average Bonchev–Trinajstić information content (AvgIpc) is 2.43. The number of piperidine rings is 3. The molecule has 2 bridgehead atoms. The van der Waals surface area contributed by atoms with E-state index in [-0.39, 0.29) is 11.4 Å². The number of halogens is 1. The van der Waals surface area contributed by atoms with E-state index in [0.717, 1.165) is 19.6 Å². The molecule has 3 nitrogen and oxygen atoms in total. The number of anilines is 1. The van der Waals surface area contributed by atoms with Crippen LogP contribution in [0.4, 0.5) is 10.1 Å². The molecule has 1 atom stereocenters. The minimum absolute atomic E-state index is 0.154. The van der Waals surface area contributed by atoms with Crippen molar-refractivity contribution in [1.82, 2.24) is 4.90 Å². The van der Waals surface area contributed by atoms with E-state index in [0.29, 0.717) is 18.2 Å². The Bertz CT molecular complexity index is 429. The Labute approximate surface area is 107 Å². The molecule has 3 saturated heterocycles. The Hall–Kier alpha value is -1.13. The third-order valence-corrected chi connectivity index (χ3v) is 4.50. The third kappa shape index (κ3) is 1.89. The molecule has 1 unspecified atom stereocenters. The van der Waals surface area contributed by atoms with Crippen LogP contribution in [0.25, 0.3) is 0 Å². The minimum Gasteiger partial charge on any atom is -0.374 e. The second kappa shape index (κ2) is 4.52. The number of nitrogens with one attached hydrogen (secondary N) is 1. The molecule has 4 heteroatoms. The van der Waals surface area contributed by atoms with E-state index >= 15 is 0 Å². The standard InChI is InChI=1S/C14H20FN3/c15-12-3-1-2-4-13(12)17-14(9-16)10-18-7-5-11(14)6-8-18/h1-4,11,17H,5-10,16H2. The van der Waals surface area contributed by atoms with Gasteiger partial charge in [-0.2, -0.15) is 0 Å². The van der Waals surface area contributed by atoms with Crippen molar-refractivity contribution in [1.29, 1.82) is 0 Å². The summed E-state index contributed by atoms with van der Waals surface area (Å²) in [6.07, 6.45) is 2.33. The number of benzene rings is 1. The summed E-state index contributed by atoms with van der Waals surface area (Å²) in [5, 5.41) is 3.40. The van der Waals surface area contributed by atoms with E-state index in [4.69, 9.17) is 5.73 Å². The van der Waals surface area contributed by atoms with E-state index in [9.17, 15) is 4.39 Å². The highest BCUT2D eigenvalue weighted by molar-refractivity contribution is 5.48. The quantitative estimate of drug-likeness (QED) is 0.856. The van der Waals surface area contributed by atoms with E-state index in [2.05, 4.69) is 10.2 Å². The molecule has 1 aromatic carbocycles. The van der Waals surface area contributed by atoms with Crippen molar-refractivity contribution >= 4 is 5.69 Å². The maximum Gasteiger partial charge on any atom is 0.146 e. The van der Waals surface area contributed by atoms with Gasteiger partial charge in [0.05, 0.1) is 11.2 Å². The topological polar surface area (TPSA) is 41.3 Å². The summed E-state index contributed by atoms with van der Waals surface area (Å²) >= 11 is 0. The van der Waals surface area contributed by atoms with Gasteiger partial charge in [0.1, 0.15) is 5.82 Å². The Kier molecular flexibility index (Phi) is 2.99. The first-order valence-electron chi connectivity index (χ1n) is 6.69. The number of rotatable bonds is 3. The Morgan fingerprint density at radius 2 is 2.06 bits per heavy atom. The van der Waals surface area contributed by atoms with Crippen molar-refractivity contribution in [3.63, 3.8) is 0 Å². The highest BCUT2D eigenvalue weighted by Crippen LogP contribution is 2.37. The van der Waals surface area contributed by atoms with Gasteiger partial charge < -0.3 is 16.0 Å². The number of para-hydroxylation sites is 1. The normalized spacial score (nSPS) is 34.6. The molecule has 3 fully saturated rings. The van der Waals surface area contributed by atoms with Crippen molar-refractivity contribution in [2.45, 2.75) is 18.4 Å². The predicted octanol–water partition coefficient (Wildman–Crippen LogP) is 1.66. The fourth-order valence-electron chi connectivity index (χ4n) is 3.43. The average molecular weight is 249 g/mol.